The molecule has 0 spiro atoms. The molecule has 1 unspecified atom stereocenters. The fraction of sp³-hybridized carbons (Fsp3) is 0.636. The Morgan fingerprint density at radius 1 is 1.67 bits per heavy atom. The number of likely N-dealkylation sites (tertiary alicyclic amines) is 1. The zero-order valence-corrected chi connectivity index (χ0v) is 8.98. The van der Waals surface area contributed by atoms with Crippen LogP contribution in [0.1, 0.15) is 48.3 Å². The van der Waals surface area contributed by atoms with Crippen LogP contribution in [-0.2, 0) is 0 Å². The third-order valence-electron chi connectivity index (χ3n) is 3.08. The molecule has 0 amide bonds. The fourth-order valence-corrected chi connectivity index (χ4v) is 2.26. The molecule has 1 atom stereocenters. The number of carbonyl (C=O) groups excluding carboxylic acids is 1. The summed E-state index contributed by atoms with van der Waals surface area (Å²) in [6.45, 7) is 4.21. The maximum absolute atomic E-state index is 10.8. The predicted octanol–water partition coefficient (Wildman–Crippen LogP) is 2.03. The number of hydrogen-bond donors (Lipinski definition) is 0. The lowest BCUT2D eigenvalue weighted by Crippen LogP contribution is -2.33. The van der Waals surface area contributed by atoms with E-state index in [4.69, 9.17) is 4.52 Å². The van der Waals surface area contributed by atoms with Gasteiger partial charge in [0, 0.05) is 0 Å². The van der Waals surface area contributed by atoms with E-state index in [1.807, 2.05) is 0 Å². The molecule has 0 aromatic carbocycles. The number of nitrogens with zero attached hydrogens (tertiary/aromatic N) is 2. The second-order valence-corrected chi connectivity index (χ2v) is 3.90. The smallest absolute Gasteiger partial charge is 0.164 e. The van der Waals surface area contributed by atoms with Crippen molar-refractivity contribution in [1.29, 1.82) is 0 Å². The van der Waals surface area contributed by atoms with Gasteiger partial charge in [-0.2, -0.15) is 0 Å². The van der Waals surface area contributed by atoms with E-state index in [0.717, 1.165) is 31.6 Å². The third-order valence-corrected chi connectivity index (χ3v) is 3.08. The maximum atomic E-state index is 10.8. The largest absolute Gasteiger partial charge is 0.359 e. The molecule has 0 bridgehead atoms. The second kappa shape index (κ2) is 4.57. The highest BCUT2D eigenvalue weighted by atomic mass is 16.5. The van der Waals surface area contributed by atoms with Crippen molar-refractivity contribution in [3.63, 3.8) is 0 Å². The third kappa shape index (κ3) is 1.95. The van der Waals surface area contributed by atoms with Crippen LogP contribution in [0.15, 0.2) is 10.7 Å². The van der Waals surface area contributed by atoms with Crippen LogP contribution in [0, 0.1) is 0 Å². The number of aldehydes is 1. The minimum Gasteiger partial charge on any atom is -0.359 e. The van der Waals surface area contributed by atoms with Crippen LogP contribution in [0.4, 0.5) is 0 Å². The lowest BCUT2D eigenvalue weighted by atomic mass is 9.98. The van der Waals surface area contributed by atoms with Crippen molar-refractivity contribution in [2.75, 3.05) is 13.1 Å². The Morgan fingerprint density at radius 3 is 3.27 bits per heavy atom. The van der Waals surface area contributed by atoms with E-state index in [0.29, 0.717) is 5.56 Å². The molecule has 2 rings (SSSR count). The van der Waals surface area contributed by atoms with Gasteiger partial charge in [0.2, 0.25) is 0 Å². The van der Waals surface area contributed by atoms with Crippen LogP contribution in [0.25, 0.3) is 0 Å². The number of rotatable bonds is 3. The van der Waals surface area contributed by atoms with Gasteiger partial charge in [0.1, 0.15) is 0 Å². The van der Waals surface area contributed by atoms with Gasteiger partial charge in [-0.05, 0) is 25.9 Å². The van der Waals surface area contributed by atoms with Crippen molar-refractivity contribution in [2.45, 2.75) is 32.2 Å². The molecule has 82 valence electrons. The molecule has 0 radical (unpaired) electrons. The predicted molar refractivity (Wildman–Crippen MR) is 55.7 cm³/mol. The van der Waals surface area contributed by atoms with Gasteiger partial charge < -0.3 is 4.52 Å². The average Bonchev–Trinajstić information content (AvgIpc) is 2.76. The molecule has 0 saturated carbocycles. The topological polar surface area (TPSA) is 46.3 Å². The number of piperidine rings is 1. The van der Waals surface area contributed by atoms with E-state index in [1.54, 1.807) is 0 Å². The van der Waals surface area contributed by atoms with E-state index in [-0.39, 0.29) is 6.04 Å². The van der Waals surface area contributed by atoms with Crippen molar-refractivity contribution in [3.05, 3.63) is 17.5 Å². The summed E-state index contributed by atoms with van der Waals surface area (Å²) in [5.41, 5.74) is 0.598. The highest BCUT2D eigenvalue weighted by Gasteiger charge is 2.27. The van der Waals surface area contributed by atoms with Crippen LogP contribution in [0.2, 0.25) is 0 Å². The van der Waals surface area contributed by atoms with Crippen LogP contribution in [0.5, 0.6) is 0 Å². The zero-order valence-electron chi connectivity index (χ0n) is 8.98. The standard InChI is InChI=1S/C11H16N2O2/c1-2-13-6-4-3-5-10(13)11-9(8-14)7-12-15-11/h7-8,10H,2-6H2,1H3. The van der Waals surface area contributed by atoms with E-state index >= 15 is 0 Å². The first-order valence-corrected chi connectivity index (χ1v) is 5.50. The molecule has 1 fully saturated rings. The molecule has 1 aliphatic heterocycles. The van der Waals surface area contributed by atoms with E-state index in [9.17, 15) is 4.79 Å². The van der Waals surface area contributed by atoms with E-state index in [1.165, 1.54) is 19.0 Å². The van der Waals surface area contributed by atoms with E-state index < -0.39 is 0 Å². The van der Waals surface area contributed by atoms with Crippen LogP contribution < -0.4 is 0 Å². The Kier molecular flexibility index (Phi) is 3.16. The quantitative estimate of drug-likeness (QED) is 0.713. The molecule has 0 aliphatic carbocycles. The molecule has 0 N–H and O–H groups in total. The summed E-state index contributed by atoms with van der Waals surface area (Å²) in [6, 6.07) is 0.242. The summed E-state index contributed by atoms with van der Waals surface area (Å²) >= 11 is 0. The molecular weight excluding hydrogens is 192 g/mol. The van der Waals surface area contributed by atoms with Gasteiger partial charge in [-0.1, -0.05) is 18.5 Å². The monoisotopic (exact) mass is 208 g/mol. The summed E-state index contributed by atoms with van der Waals surface area (Å²) < 4.78 is 5.20. The Labute approximate surface area is 89.2 Å². The Bertz CT molecular complexity index is 335. The summed E-state index contributed by atoms with van der Waals surface area (Å²) in [5.74, 6) is 0.742. The number of aromatic nitrogens is 1. The van der Waals surface area contributed by atoms with E-state index in [2.05, 4.69) is 17.0 Å². The van der Waals surface area contributed by atoms with Gasteiger partial charge in [0.25, 0.3) is 0 Å². The van der Waals surface area contributed by atoms with Crippen molar-refractivity contribution < 1.29 is 9.32 Å². The summed E-state index contributed by atoms with van der Waals surface area (Å²) in [6.07, 6.45) is 5.82. The van der Waals surface area contributed by atoms with Crippen LogP contribution in [-0.4, -0.2) is 29.4 Å². The van der Waals surface area contributed by atoms with Crippen molar-refractivity contribution in [3.8, 4) is 0 Å². The van der Waals surface area contributed by atoms with Crippen molar-refractivity contribution in [2.24, 2.45) is 0 Å². The highest BCUT2D eigenvalue weighted by molar-refractivity contribution is 5.75. The minimum absolute atomic E-state index is 0.242. The lowest BCUT2D eigenvalue weighted by molar-refractivity contribution is 0.110. The summed E-state index contributed by atoms with van der Waals surface area (Å²) in [7, 11) is 0. The molecule has 4 nitrogen and oxygen atoms in total. The van der Waals surface area contributed by atoms with Gasteiger partial charge in [0.15, 0.2) is 12.0 Å². The van der Waals surface area contributed by atoms with Gasteiger partial charge >= 0.3 is 0 Å². The Balaban J connectivity index is 2.23. The molecule has 2 heterocycles. The summed E-state index contributed by atoms with van der Waals surface area (Å²) in [4.78, 5) is 13.2. The molecule has 1 aromatic heterocycles. The molecule has 4 heteroatoms. The van der Waals surface area contributed by atoms with Gasteiger partial charge in [-0.3, -0.25) is 9.69 Å². The molecule has 1 aliphatic rings. The Hall–Kier alpha value is -1.16. The highest BCUT2D eigenvalue weighted by Crippen LogP contribution is 2.31. The average molecular weight is 208 g/mol. The first-order valence-electron chi connectivity index (χ1n) is 5.50. The van der Waals surface area contributed by atoms with Gasteiger partial charge in [-0.25, -0.2) is 0 Å². The first kappa shape index (κ1) is 10.4. The summed E-state index contributed by atoms with van der Waals surface area (Å²) in [5, 5.41) is 3.70. The number of hydrogen-bond acceptors (Lipinski definition) is 4. The molecule has 1 aromatic rings. The molecule has 15 heavy (non-hydrogen) atoms. The number of carbonyl (C=O) groups is 1. The lowest BCUT2D eigenvalue weighted by Gasteiger charge is -2.33. The second-order valence-electron chi connectivity index (χ2n) is 3.90. The van der Waals surface area contributed by atoms with Gasteiger partial charge in [0.05, 0.1) is 17.8 Å². The Morgan fingerprint density at radius 2 is 2.53 bits per heavy atom. The van der Waals surface area contributed by atoms with Crippen molar-refractivity contribution >= 4 is 6.29 Å². The first-order chi connectivity index (χ1) is 7.36. The maximum Gasteiger partial charge on any atom is 0.164 e. The molecular formula is C11H16N2O2. The van der Waals surface area contributed by atoms with Crippen molar-refractivity contribution in [1.82, 2.24) is 10.1 Å². The SMILES string of the molecule is CCN1CCCCC1c1oncc1C=O. The molecule has 1 saturated heterocycles. The minimum atomic E-state index is 0.242. The van der Waals surface area contributed by atoms with Crippen LogP contribution in [0.3, 0.4) is 0 Å². The zero-order chi connectivity index (χ0) is 10.7. The fourth-order valence-electron chi connectivity index (χ4n) is 2.26. The van der Waals surface area contributed by atoms with Gasteiger partial charge in [-0.15, -0.1) is 0 Å². The van der Waals surface area contributed by atoms with Crippen LogP contribution >= 0.6 is 0 Å². The normalized spacial score (nSPS) is 22.9.